The van der Waals surface area contributed by atoms with Gasteiger partial charge in [0.15, 0.2) is 0 Å². The highest BCUT2D eigenvalue weighted by molar-refractivity contribution is 5.67. The van der Waals surface area contributed by atoms with Crippen molar-refractivity contribution in [2.24, 2.45) is 5.73 Å². The molecule has 3 N–H and O–H groups in total. The van der Waals surface area contributed by atoms with Gasteiger partial charge in [0.05, 0.1) is 6.61 Å². The molecule has 14 heavy (non-hydrogen) atoms. The van der Waals surface area contributed by atoms with Crippen LogP contribution in [0.1, 0.15) is 6.92 Å². The third kappa shape index (κ3) is 7.57. The summed E-state index contributed by atoms with van der Waals surface area (Å²) in [6, 6.07) is -0.211. The van der Waals surface area contributed by atoms with Crippen LogP contribution in [0.3, 0.4) is 0 Å². The molecular weight excluding hydrogens is 184 g/mol. The molecule has 0 heterocycles. The Morgan fingerprint density at radius 2 is 2.29 bits per heavy atom. The molecule has 0 spiro atoms. The van der Waals surface area contributed by atoms with E-state index in [9.17, 15) is 4.79 Å². The van der Waals surface area contributed by atoms with Gasteiger partial charge >= 0.3 is 6.09 Å². The first-order valence-electron chi connectivity index (χ1n) is 4.35. The van der Waals surface area contributed by atoms with Crippen LogP contribution in [0.15, 0.2) is 12.2 Å². The van der Waals surface area contributed by atoms with Gasteiger partial charge in [-0.15, -0.1) is 0 Å². The summed E-state index contributed by atoms with van der Waals surface area (Å²) in [5.74, 6) is 0. The Balaban J connectivity index is 3.48. The highest BCUT2D eigenvalue weighted by Crippen LogP contribution is 1.88. The van der Waals surface area contributed by atoms with E-state index < -0.39 is 6.09 Å². The van der Waals surface area contributed by atoms with Crippen LogP contribution in [0.25, 0.3) is 0 Å². The molecule has 0 aliphatic carbocycles. The van der Waals surface area contributed by atoms with Crippen molar-refractivity contribution >= 4 is 6.09 Å². The van der Waals surface area contributed by atoms with Crippen LogP contribution in [0.5, 0.6) is 0 Å². The molecule has 0 rings (SSSR count). The molecule has 0 aliphatic heterocycles. The van der Waals surface area contributed by atoms with Crippen molar-refractivity contribution in [3.05, 3.63) is 12.2 Å². The highest BCUT2D eigenvalue weighted by atomic mass is 16.5. The number of hydrogen-bond acceptors (Lipinski definition) is 4. The summed E-state index contributed by atoms with van der Waals surface area (Å²) < 4.78 is 9.59. The lowest BCUT2D eigenvalue weighted by atomic mass is 10.3. The normalized spacial score (nSPS) is 11.9. The molecule has 0 aromatic rings. The number of amides is 1. The number of rotatable bonds is 6. The van der Waals surface area contributed by atoms with E-state index in [0.29, 0.717) is 13.2 Å². The van der Waals surface area contributed by atoms with E-state index in [2.05, 4.69) is 11.9 Å². The fraction of sp³-hybridized carbons (Fsp3) is 0.667. The third-order valence-electron chi connectivity index (χ3n) is 1.34. The molecule has 0 bridgehead atoms. The Kier molecular flexibility index (Phi) is 6.78. The molecule has 0 aromatic heterocycles. The second kappa shape index (κ2) is 7.34. The molecule has 5 heteroatoms. The van der Waals surface area contributed by atoms with Gasteiger partial charge in [0, 0.05) is 19.7 Å². The van der Waals surface area contributed by atoms with Gasteiger partial charge in [-0.3, -0.25) is 0 Å². The zero-order valence-electron chi connectivity index (χ0n) is 8.71. The minimum atomic E-state index is -0.487. The summed E-state index contributed by atoms with van der Waals surface area (Å²) in [4.78, 5) is 11.0. The van der Waals surface area contributed by atoms with Gasteiger partial charge in [-0.05, 0) is 12.5 Å². The Hall–Kier alpha value is -1.07. The van der Waals surface area contributed by atoms with Crippen LogP contribution in [0.4, 0.5) is 4.79 Å². The lowest BCUT2D eigenvalue weighted by molar-refractivity contribution is 0.149. The summed E-state index contributed by atoms with van der Waals surface area (Å²) in [6.45, 7) is 6.35. The van der Waals surface area contributed by atoms with Crippen LogP contribution in [-0.2, 0) is 9.47 Å². The topological polar surface area (TPSA) is 73.6 Å². The van der Waals surface area contributed by atoms with Crippen LogP contribution in [-0.4, -0.2) is 39.0 Å². The molecule has 1 amide bonds. The lowest BCUT2D eigenvalue weighted by Crippen LogP contribution is -2.40. The number of nitrogens with one attached hydrogen (secondary N) is 1. The molecule has 0 saturated carbocycles. The summed E-state index contributed by atoms with van der Waals surface area (Å²) >= 11 is 0. The zero-order chi connectivity index (χ0) is 11.0. The standard InChI is InChI=1S/C9H18N2O3/c1-7(2)5-14-9(12)11-4-8(10)6-13-3/h8H,1,4-6,10H2,2-3H3,(H,11,12). The molecule has 0 fully saturated rings. The van der Waals surface area contributed by atoms with Crippen molar-refractivity contribution in [1.29, 1.82) is 0 Å². The van der Waals surface area contributed by atoms with Crippen LogP contribution in [0.2, 0.25) is 0 Å². The van der Waals surface area contributed by atoms with Crippen molar-refractivity contribution in [3.63, 3.8) is 0 Å². The van der Waals surface area contributed by atoms with Gasteiger partial charge in [0.25, 0.3) is 0 Å². The second-order valence-corrected chi connectivity index (χ2v) is 3.13. The van der Waals surface area contributed by atoms with Gasteiger partial charge in [0.2, 0.25) is 0 Å². The van der Waals surface area contributed by atoms with Crippen molar-refractivity contribution in [2.75, 3.05) is 26.9 Å². The SMILES string of the molecule is C=C(C)COC(=O)NCC(N)COC. The Labute approximate surface area is 84.2 Å². The van der Waals surface area contributed by atoms with E-state index in [0.717, 1.165) is 5.57 Å². The van der Waals surface area contributed by atoms with Gasteiger partial charge in [-0.25, -0.2) is 4.79 Å². The molecule has 5 nitrogen and oxygen atoms in total. The van der Waals surface area contributed by atoms with Crippen LogP contribution in [0, 0.1) is 0 Å². The number of alkyl carbamates (subject to hydrolysis) is 1. The highest BCUT2D eigenvalue weighted by Gasteiger charge is 2.05. The first-order valence-corrected chi connectivity index (χ1v) is 4.35. The van der Waals surface area contributed by atoms with Crippen molar-refractivity contribution in [2.45, 2.75) is 13.0 Å². The molecule has 0 saturated heterocycles. The number of carbonyl (C=O) groups is 1. The summed E-state index contributed by atoms with van der Waals surface area (Å²) in [6.07, 6.45) is -0.487. The molecule has 1 unspecified atom stereocenters. The number of methoxy groups -OCH3 is 1. The van der Waals surface area contributed by atoms with E-state index in [1.165, 1.54) is 0 Å². The van der Waals surface area contributed by atoms with E-state index in [4.69, 9.17) is 15.2 Å². The average molecular weight is 202 g/mol. The van der Waals surface area contributed by atoms with E-state index >= 15 is 0 Å². The van der Waals surface area contributed by atoms with Crippen molar-refractivity contribution < 1.29 is 14.3 Å². The third-order valence-corrected chi connectivity index (χ3v) is 1.34. The smallest absolute Gasteiger partial charge is 0.407 e. The molecule has 0 radical (unpaired) electrons. The summed E-state index contributed by atoms with van der Waals surface area (Å²) in [5, 5.41) is 2.52. The largest absolute Gasteiger partial charge is 0.445 e. The molecule has 82 valence electrons. The van der Waals surface area contributed by atoms with Gasteiger partial charge in [0.1, 0.15) is 6.61 Å². The maximum absolute atomic E-state index is 11.0. The Morgan fingerprint density at radius 3 is 2.79 bits per heavy atom. The predicted molar refractivity (Wildman–Crippen MR) is 54.0 cm³/mol. The maximum Gasteiger partial charge on any atom is 0.407 e. The van der Waals surface area contributed by atoms with E-state index in [1.807, 2.05) is 0 Å². The van der Waals surface area contributed by atoms with Crippen molar-refractivity contribution in [3.8, 4) is 0 Å². The van der Waals surface area contributed by atoms with Gasteiger partial charge in [-0.1, -0.05) is 6.58 Å². The predicted octanol–water partition coefficient (Wildman–Crippen LogP) is 0.262. The zero-order valence-corrected chi connectivity index (χ0v) is 8.71. The molecule has 0 aromatic carbocycles. The maximum atomic E-state index is 11.0. The Morgan fingerprint density at radius 1 is 1.64 bits per heavy atom. The number of hydrogen-bond donors (Lipinski definition) is 2. The Bertz CT molecular complexity index is 194. The fourth-order valence-electron chi connectivity index (χ4n) is 0.727. The quantitative estimate of drug-likeness (QED) is 0.606. The van der Waals surface area contributed by atoms with Crippen LogP contribution < -0.4 is 11.1 Å². The lowest BCUT2D eigenvalue weighted by Gasteiger charge is -2.11. The summed E-state index contributed by atoms with van der Waals surface area (Å²) in [7, 11) is 1.55. The van der Waals surface area contributed by atoms with Crippen LogP contribution >= 0.6 is 0 Å². The van der Waals surface area contributed by atoms with Gasteiger partial charge in [-0.2, -0.15) is 0 Å². The van der Waals surface area contributed by atoms with E-state index in [-0.39, 0.29) is 12.6 Å². The first-order chi connectivity index (χ1) is 6.56. The summed E-state index contributed by atoms with van der Waals surface area (Å²) in [5.41, 5.74) is 6.37. The molecule has 1 atom stereocenters. The number of carbonyl (C=O) groups excluding carboxylic acids is 1. The van der Waals surface area contributed by atoms with Gasteiger partial charge < -0.3 is 20.5 Å². The average Bonchev–Trinajstić information content (AvgIpc) is 2.12. The number of nitrogens with two attached hydrogens (primary N) is 1. The fourth-order valence-corrected chi connectivity index (χ4v) is 0.727. The monoisotopic (exact) mass is 202 g/mol. The molecular formula is C9H18N2O3. The number of ether oxygens (including phenoxy) is 2. The minimum absolute atomic E-state index is 0.211. The second-order valence-electron chi connectivity index (χ2n) is 3.13. The minimum Gasteiger partial charge on any atom is -0.445 e. The molecule has 0 aliphatic rings. The van der Waals surface area contributed by atoms with Crippen molar-refractivity contribution in [1.82, 2.24) is 5.32 Å². The first kappa shape index (κ1) is 12.9. The van der Waals surface area contributed by atoms with E-state index in [1.54, 1.807) is 14.0 Å².